The lowest BCUT2D eigenvalue weighted by molar-refractivity contribution is -0.132. The van der Waals surface area contributed by atoms with Gasteiger partial charge in [0.25, 0.3) is 5.91 Å². The van der Waals surface area contributed by atoms with Gasteiger partial charge in [0, 0.05) is 24.7 Å². The highest BCUT2D eigenvalue weighted by Crippen LogP contribution is 2.30. The van der Waals surface area contributed by atoms with E-state index in [4.69, 9.17) is 10.0 Å². The Kier molecular flexibility index (Phi) is 7.20. The van der Waals surface area contributed by atoms with Crippen LogP contribution in [0.1, 0.15) is 37.8 Å². The quantitative estimate of drug-likeness (QED) is 0.396. The highest BCUT2D eigenvalue weighted by molar-refractivity contribution is 7.92. The van der Waals surface area contributed by atoms with Crippen molar-refractivity contribution in [2.24, 2.45) is 5.16 Å². The fourth-order valence-electron chi connectivity index (χ4n) is 3.78. The third kappa shape index (κ3) is 5.40. The van der Waals surface area contributed by atoms with E-state index in [-0.39, 0.29) is 18.7 Å². The number of nitrogens with zero attached hydrogens (tertiary/aromatic N) is 1. The summed E-state index contributed by atoms with van der Waals surface area (Å²) in [5.74, 6) is -1.42. The van der Waals surface area contributed by atoms with Gasteiger partial charge in [-0.15, -0.1) is 0 Å². The number of hydrogen-bond acceptors (Lipinski definition) is 7. The SMILES string of the molecule is C[C@@H](O)Cc1ccc(-c2ccc(C3=NO[C@@H](C[C@](C)(C(=O)NO)S(C)(=O)=O)C3)cc2)c(F)c1. The van der Waals surface area contributed by atoms with Gasteiger partial charge in [0.2, 0.25) is 0 Å². The van der Waals surface area contributed by atoms with E-state index in [1.807, 2.05) is 0 Å². The zero-order valence-corrected chi connectivity index (χ0v) is 19.4. The molecule has 0 aliphatic carbocycles. The summed E-state index contributed by atoms with van der Waals surface area (Å²) in [7, 11) is -3.85. The molecule has 0 saturated heterocycles. The number of rotatable bonds is 8. The minimum Gasteiger partial charge on any atom is -0.393 e. The normalized spacial score (nSPS) is 18.7. The molecule has 178 valence electrons. The number of sulfone groups is 1. The van der Waals surface area contributed by atoms with Gasteiger partial charge in [-0.05, 0) is 43.0 Å². The third-order valence-electron chi connectivity index (χ3n) is 5.84. The van der Waals surface area contributed by atoms with Crippen molar-refractivity contribution < 1.29 is 32.8 Å². The Bertz CT molecular complexity index is 1160. The van der Waals surface area contributed by atoms with Crippen LogP contribution in [0.25, 0.3) is 11.1 Å². The van der Waals surface area contributed by atoms with Gasteiger partial charge < -0.3 is 9.94 Å². The second-order valence-electron chi connectivity index (χ2n) is 8.56. The molecule has 0 spiro atoms. The van der Waals surface area contributed by atoms with Crippen molar-refractivity contribution >= 4 is 21.5 Å². The second kappa shape index (κ2) is 9.58. The number of halogens is 1. The van der Waals surface area contributed by atoms with Crippen LogP contribution in [0.15, 0.2) is 47.6 Å². The van der Waals surface area contributed by atoms with Crippen LogP contribution in [0, 0.1) is 5.82 Å². The van der Waals surface area contributed by atoms with Gasteiger partial charge >= 0.3 is 0 Å². The second-order valence-corrected chi connectivity index (χ2v) is 11.0. The van der Waals surface area contributed by atoms with Crippen LogP contribution >= 0.6 is 0 Å². The fraction of sp³-hybridized carbons (Fsp3) is 0.391. The summed E-state index contributed by atoms with van der Waals surface area (Å²) in [6, 6.07) is 11.9. The molecule has 0 aromatic heterocycles. The average Bonchev–Trinajstić information content (AvgIpc) is 3.20. The van der Waals surface area contributed by atoms with Gasteiger partial charge in [-0.3, -0.25) is 10.0 Å². The van der Waals surface area contributed by atoms with Crippen molar-refractivity contribution in [2.75, 3.05) is 6.26 Å². The van der Waals surface area contributed by atoms with Gasteiger partial charge in [0.15, 0.2) is 14.6 Å². The Balaban J connectivity index is 1.72. The number of aliphatic hydroxyl groups excluding tert-OH is 1. The molecule has 3 N–H and O–H groups in total. The first kappa shape index (κ1) is 24.8. The van der Waals surface area contributed by atoms with Crippen LogP contribution in [0.3, 0.4) is 0 Å². The highest BCUT2D eigenvalue weighted by Gasteiger charge is 2.47. The molecule has 0 bridgehead atoms. The third-order valence-corrected chi connectivity index (χ3v) is 7.83. The van der Waals surface area contributed by atoms with E-state index in [0.717, 1.165) is 11.8 Å². The summed E-state index contributed by atoms with van der Waals surface area (Å²) in [5, 5.41) is 22.5. The van der Waals surface area contributed by atoms with Crippen LogP contribution in [0.2, 0.25) is 0 Å². The summed E-state index contributed by atoms with van der Waals surface area (Å²) in [4.78, 5) is 17.4. The van der Waals surface area contributed by atoms with Crippen molar-refractivity contribution in [3.8, 4) is 11.1 Å². The summed E-state index contributed by atoms with van der Waals surface area (Å²) in [6.07, 6.45) is 0.152. The van der Waals surface area contributed by atoms with E-state index in [9.17, 15) is 22.7 Å². The minimum absolute atomic E-state index is 0.187. The van der Waals surface area contributed by atoms with Gasteiger partial charge in [-0.2, -0.15) is 0 Å². The zero-order chi connectivity index (χ0) is 24.4. The van der Waals surface area contributed by atoms with Crippen LogP contribution in [0.4, 0.5) is 4.39 Å². The summed E-state index contributed by atoms with van der Waals surface area (Å²) in [5.41, 5.74) is 4.51. The molecule has 0 unspecified atom stereocenters. The molecular weight excluding hydrogens is 451 g/mol. The molecule has 0 saturated carbocycles. The molecule has 2 aromatic carbocycles. The number of hydrogen-bond donors (Lipinski definition) is 3. The van der Waals surface area contributed by atoms with Crippen LogP contribution in [0.5, 0.6) is 0 Å². The maximum atomic E-state index is 14.6. The molecule has 1 amide bonds. The Morgan fingerprint density at radius 1 is 1.27 bits per heavy atom. The van der Waals surface area contributed by atoms with Crippen LogP contribution in [-0.4, -0.2) is 53.6 Å². The maximum absolute atomic E-state index is 14.6. The largest absolute Gasteiger partial charge is 0.393 e. The lowest BCUT2D eigenvalue weighted by Crippen LogP contribution is -2.51. The lowest BCUT2D eigenvalue weighted by atomic mass is 9.95. The predicted molar refractivity (Wildman–Crippen MR) is 121 cm³/mol. The first-order valence-electron chi connectivity index (χ1n) is 10.4. The van der Waals surface area contributed by atoms with E-state index >= 15 is 0 Å². The molecule has 1 aliphatic rings. The van der Waals surface area contributed by atoms with E-state index in [1.54, 1.807) is 43.3 Å². The highest BCUT2D eigenvalue weighted by atomic mass is 32.2. The predicted octanol–water partition coefficient (Wildman–Crippen LogP) is 2.61. The first-order valence-corrected chi connectivity index (χ1v) is 12.3. The lowest BCUT2D eigenvalue weighted by Gasteiger charge is -2.26. The molecule has 3 rings (SSSR count). The minimum atomic E-state index is -3.85. The van der Waals surface area contributed by atoms with E-state index in [0.29, 0.717) is 28.8 Å². The van der Waals surface area contributed by atoms with E-state index in [1.165, 1.54) is 18.5 Å². The number of hydroxylamine groups is 1. The molecule has 0 fully saturated rings. The number of carbonyl (C=O) groups is 1. The number of aliphatic hydroxyl groups is 1. The Hall–Kier alpha value is -2.82. The van der Waals surface area contributed by atoms with Gasteiger partial charge in [0.1, 0.15) is 11.9 Å². The Morgan fingerprint density at radius 2 is 1.91 bits per heavy atom. The van der Waals surface area contributed by atoms with Crippen molar-refractivity contribution in [1.82, 2.24) is 5.48 Å². The van der Waals surface area contributed by atoms with E-state index in [2.05, 4.69) is 5.16 Å². The molecule has 10 heteroatoms. The molecule has 33 heavy (non-hydrogen) atoms. The van der Waals surface area contributed by atoms with Crippen molar-refractivity contribution in [3.05, 3.63) is 59.4 Å². The fourth-order valence-corrected chi connectivity index (χ4v) is 4.65. The van der Waals surface area contributed by atoms with Crippen LogP contribution < -0.4 is 5.48 Å². The first-order chi connectivity index (χ1) is 15.4. The smallest absolute Gasteiger partial charge is 0.264 e. The topological polar surface area (TPSA) is 125 Å². The van der Waals surface area contributed by atoms with E-state index < -0.39 is 32.7 Å². The number of amides is 1. The number of oxime groups is 1. The monoisotopic (exact) mass is 478 g/mol. The number of benzene rings is 2. The van der Waals surface area contributed by atoms with Crippen molar-refractivity contribution in [1.29, 1.82) is 0 Å². The molecular formula is C23H27FN2O6S. The number of nitrogens with one attached hydrogen (secondary N) is 1. The molecule has 3 atom stereocenters. The summed E-state index contributed by atoms with van der Waals surface area (Å²) >= 11 is 0. The zero-order valence-electron chi connectivity index (χ0n) is 18.6. The Labute approximate surface area is 192 Å². The van der Waals surface area contributed by atoms with Gasteiger partial charge in [-0.1, -0.05) is 41.6 Å². The summed E-state index contributed by atoms with van der Waals surface area (Å²) < 4.78 is 37.0. The molecule has 2 aromatic rings. The van der Waals surface area contributed by atoms with Crippen molar-refractivity contribution in [2.45, 2.75) is 50.1 Å². The standard InChI is InChI=1S/C23H27FN2O6S/c1-14(27)10-15-4-9-19(20(24)11-15)16-5-7-17(8-6-16)21-12-18(32-26-21)13-23(2,22(28)25-29)33(3,30)31/h4-9,11,14,18,27,29H,10,12-13H2,1-3H3,(H,25,28)/t14-,18-,23-/m1/s1. The molecule has 8 nitrogen and oxygen atoms in total. The molecule has 1 heterocycles. The van der Waals surface area contributed by atoms with Crippen LogP contribution in [-0.2, 0) is 25.9 Å². The number of carbonyl (C=O) groups excluding carboxylic acids is 1. The van der Waals surface area contributed by atoms with Gasteiger partial charge in [-0.25, -0.2) is 18.3 Å². The van der Waals surface area contributed by atoms with Gasteiger partial charge in [0.05, 0.1) is 11.8 Å². The molecule has 1 aliphatic heterocycles. The summed E-state index contributed by atoms with van der Waals surface area (Å²) in [6.45, 7) is 2.87. The molecule has 0 radical (unpaired) electrons. The average molecular weight is 479 g/mol. The Morgan fingerprint density at radius 3 is 2.45 bits per heavy atom. The maximum Gasteiger partial charge on any atom is 0.264 e. The van der Waals surface area contributed by atoms with Crippen molar-refractivity contribution in [3.63, 3.8) is 0 Å².